The van der Waals surface area contributed by atoms with Gasteiger partial charge >= 0.3 is 0 Å². The van der Waals surface area contributed by atoms with Gasteiger partial charge in [0.05, 0.1) is 6.10 Å². The first kappa shape index (κ1) is 13.4. The van der Waals surface area contributed by atoms with Crippen molar-refractivity contribution in [2.45, 2.75) is 40.2 Å². The molecule has 0 aromatic carbocycles. The smallest absolute Gasteiger partial charge is 0.135 e. The van der Waals surface area contributed by atoms with Crippen molar-refractivity contribution in [3.63, 3.8) is 0 Å². The summed E-state index contributed by atoms with van der Waals surface area (Å²) in [6, 6.07) is 0. The standard InChI is InChI=1S/C12H22O2/c1-6-12(14-7-2)11(10(5)13)8-9(3)4/h6,9,11-12H,1,7-8H2,2-5H3/t11-,12+/m0/s1. The van der Waals surface area contributed by atoms with E-state index >= 15 is 0 Å². The molecule has 0 aromatic rings. The highest BCUT2D eigenvalue weighted by molar-refractivity contribution is 5.79. The molecule has 2 atom stereocenters. The molecule has 0 aliphatic heterocycles. The van der Waals surface area contributed by atoms with E-state index in [0.29, 0.717) is 12.5 Å². The summed E-state index contributed by atoms with van der Waals surface area (Å²) in [7, 11) is 0. The van der Waals surface area contributed by atoms with Crippen LogP contribution in [-0.2, 0) is 9.53 Å². The summed E-state index contributed by atoms with van der Waals surface area (Å²) >= 11 is 0. The first-order chi connectivity index (χ1) is 6.52. The van der Waals surface area contributed by atoms with Gasteiger partial charge in [-0.15, -0.1) is 6.58 Å². The van der Waals surface area contributed by atoms with E-state index in [0.717, 1.165) is 6.42 Å². The third-order valence-electron chi connectivity index (χ3n) is 2.24. The maximum Gasteiger partial charge on any atom is 0.135 e. The average Bonchev–Trinajstić information content (AvgIpc) is 2.10. The summed E-state index contributed by atoms with van der Waals surface area (Å²) in [4.78, 5) is 11.4. The molecule has 0 unspecified atom stereocenters. The van der Waals surface area contributed by atoms with Gasteiger partial charge in [0.2, 0.25) is 0 Å². The Kier molecular flexibility index (Phi) is 6.46. The Bertz CT molecular complexity index is 185. The molecule has 0 aliphatic carbocycles. The summed E-state index contributed by atoms with van der Waals surface area (Å²) in [6.45, 7) is 12.1. The maximum absolute atomic E-state index is 11.4. The van der Waals surface area contributed by atoms with E-state index in [1.54, 1.807) is 13.0 Å². The summed E-state index contributed by atoms with van der Waals surface area (Å²) in [5, 5.41) is 0. The van der Waals surface area contributed by atoms with Gasteiger partial charge in [0, 0.05) is 12.5 Å². The molecule has 0 radical (unpaired) electrons. The summed E-state index contributed by atoms with van der Waals surface area (Å²) < 4.78 is 5.48. The van der Waals surface area contributed by atoms with Crippen molar-refractivity contribution in [2.24, 2.45) is 11.8 Å². The van der Waals surface area contributed by atoms with E-state index in [-0.39, 0.29) is 17.8 Å². The Morgan fingerprint density at radius 1 is 1.50 bits per heavy atom. The average molecular weight is 198 g/mol. The van der Waals surface area contributed by atoms with Crippen LogP contribution in [0.25, 0.3) is 0 Å². The van der Waals surface area contributed by atoms with Crippen LogP contribution < -0.4 is 0 Å². The fraction of sp³-hybridized carbons (Fsp3) is 0.750. The van der Waals surface area contributed by atoms with Crippen LogP contribution in [0, 0.1) is 11.8 Å². The molecule has 0 rings (SSSR count). The number of carbonyl (C=O) groups is 1. The predicted octanol–water partition coefficient (Wildman–Crippen LogP) is 2.83. The summed E-state index contributed by atoms with van der Waals surface area (Å²) in [5.74, 6) is 0.663. The van der Waals surface area contributed by atoms with Crippen LogP contribution in [0.15, 0.2) is 12.7 Å². The molecule has 2 heteroatoms. The molecule has 82 valence electrons. The third-order valence-corrected chi connectivity index (χ3v) is 2.24. The minimum atomic E-state index is -0.125. The molecule has 2 nitrogen and oxygen atoms in total. The van der Waals surface area contributed by atoms with E-state index in [2.05, 4.69) is 20.4 Å². The molecule has 0 aromatic heterocycles. The van der Waals surface area contributed by atoms with Gasteiger partial charge in [-0.2, -0.15) is 0 Å². The monoisotopic (exact) mass is 198 g/mol. The molecule has 0 N–H and O–H groups in total. The molecule has 0 saturated heterocycles. The number of rotatable bonds is 7. The zero-order chi connectivity index (χ0) is 11.1. The number of hydrogen-bond donors (Lipinski definition) is 0. The lowest BCUT2D eigenvalue weighted by Crippen LogP contribution is -2.29. The maximum atomic E-state index is 11.4. The van der Waals surface area contributed by atoms with E-state index in [4.69, 9.17) is 4.74 Å². The van der Waals surface area contributed by atoms with Crippen LogP contribution >= 0.6 is 0 Å². The molecular formula is C12H22O2. The van der Waals surface area contributed by atoms with Crippen LogP contribution in [0.4, 0.5) is 0 Å². The Balaban J connectivity index is 4.43. The lowest BCUT2D eigenvalue weighted by molar-refractivity contribution is -0.125. The van der Waals surface area contributed by atoms with Gasteiger partial charge in [-0.1, -0.05) is 19.9 Å². The Labute approximate surface area is 87.3 Å². The van der Waals surface area contributed by atoms with Gasteiger partial charge in [0.15, 0.2) is 0 Å². The largest absolute Gasteiger partial charge is 0.374 e. The van der Waals surface area contributed by atoms with E-state index in [1.807, 2.05) is 6.92 Å². The van der Waals surface area contributed by atoms with Gasteiger partial charge in [-0.3, -0.25) is 4.79 Å². The Morgan fingerprint density at radius 3 is 2.36 bits per heavy atom. The van der Waals surface area contributed by atoms with Gasteiger partial charge in [-0.05, 0) is 26.2 Å². The highest BCUT2D eigenvalue weighted by Gasteiger charge is 2.24. The zero-order valence-electron chi connectivity index (χ0n) is 9.75. The molecule has 0 fully saturated rings. The summed E-state index contributed by atoms with van der Waals surface area (Å²) in [5.41, 5.74) is 0. The highest BCUT2D eigenvalue weighted by atomic mass is 16.5. The number of ketones is 1. The normalized spacial score (nSPS) is 15.2. The van der Waals surface area contributed by atoms with E-state index in [1.165, 1.54) is 0 Å². The van der Waals surface area contributed by atoms with Gasteiger partial charge in [0.1, 0.15) is 5.78 Å². The number of carbonyl (C=O) groups excluding carboxylic acids is 1. The van der Waals surface area contributed by atoms with Gasteiger partial charge < -0.3 is 4.74 Å². The molecular weight excluding hydrogens is 176 g/mol. The Hall–Kier alpha value is -0.630. The fourth-order valence-electron chi connectivity index (χ4n) is 1.58. The molecule has 0 spiro atoms. The second kappa shape index (κ2) is 6.77. The van der Waals surface area contributed by atoms with Crippen molar-refractivity contribution in [1.29, 1.82) is 0 Å². The fourth-order valence-corrected chi connectivity index (χ4v) is 1.58. The van der Waals surface area contributed by atoms with Crippen molar-refractivity contribution >= 4 is 5.78 Å². The van der Waals surface area contributed by atoms with Crippen molar-refractivity contribution in [3.05, 3.63) is 12.7 Å². The molecule has 0 saturated carbocycles. The van der Waals surface area contributed by atoms with E-state index in [9.17, 15) is 4.79 Å². The van der Waals surface area contributed by atoms with Gasteiger partial charge in [0.25, 0.3) is 0 Å². The first-order valence-corrected chi connectivity index (χ1v) is 5.27. The minimum Gasteiger partial charge on any atom is -0.374 e. The summed E-state index contributed by atoms with van der Waals surface area (Å²) in [6.07, 6.45) is 2.48. The highest BCUT2D eigenvalue weighted by Crippen LogP contribution is 2.19. The van der Waals surface area contributed by atoms with Crippen LogP contribution in [0.5, 0.6) is 0 Å². The van der Waals surface area contributed by atoms with Crippen molar-refractivity contribution in [2.75, 3.05) is 6.61 Å². The molecule has 0 aliphatic rings. The number of ether oxygens (including phenoxy) is 1. The minimum absolute atomic E-state index is 0.0348. The number of hydrogen-bond acceptors (Lipinski definition) is 2. The lowest BCUT2D eigenvalue weighted by atomic mass is 9.89. The third kappa shape index (κ3) is 4.56. The lowest BCUT2D eigenvalue weighted by Gasteiger charge is -2.23. The van der Waals surface area contributed by atoms with Gasteiger partial charge in [-0.25, -0.2) is 0 Å². The van der Waals surface area contributed by atoms with Crippen molar-refractivity contribution in [3.8, 4) is 0 Å². The van der Waals surface area contributed by atoms with Crippen LogP contribution in [0.2, 0.25) is 0 Å². The van der Waals surface area contributed by atoms with Crippen LogP contribution in [0.1, 0.15) is 34.1 Å². The SMILES string of the molecule is C=C[C@@H](OCC)[C@@H](CC(C)C)C(C)=O. The van der Waals surface area contributed by atoms with E-state index < -0.39 is 0 Å². The number of Topliss-reactive ketones (excluding diaryl/α,β-unsaturated/α-hetero) is 1. The predicted molar refractivity (Wildman–Crippen MR) is 59.2 cm³/mol. The first-order valence-electron chi connectivity index (χ1n) is 5.27. The quantitative estimate of drug-likeness (QED) is 0.588. The van der Waals surface area contributed by atoms with Crippen molar-refractivity contribution < 1.29 is 9.53 Å². The molecule has 14 heavy (non-hydrogen) atoms. The Morgan fingerprint density at radius 2 is 2.07 bits per heavy atom. The van der Waals surface area contributed by atoms with Crippen LogP contribution in [0.3, 0.4) is 0 Å². The second-order valence-corrected chi connectivity index (χ2v) is 4.00. The zero-order valence-corrected chi connectivity index (χ0v) is 9.75. The van der Waals surface area contributed by atoms with Crippen molar-refractivity contribution in [1.82, 2.24) is 0 Å². The topological polar surface area (TPSA) is 26.3 Å². The molecule has 0 heterocycles. The van der Waals surface area contributed by atoms with Crippen LogP contribution in [-0.4, -0.2) is 18.5 Å². The molecule has 0 amide bonds. The molecule has 0 bridgehead atoms. The second-order valence-electron chi connectivity index (χ2n) is 4.00.